The van der Waals surface area contributed by atoms with Crippen molar-refractivity contribution in [3.63, 3.8) is 0 Å². The van der Waals surface area contributed by atoms with Crippen molar-refractivity contribution in [2.24, 2.45) is 0 Å². The summed E-state index contributed by atoms with van der Waals surface area (Å²) in [6.45, 7) is 1.22. The van der Waals surface area contributed by atoms with Gasteiger partial charge < -0.3 is 4.90 Å². The number of thiazole rings is 1. The monoisotopic (exact) mass is 399 g/mol. The van der Waals surface area contributed by atoms with Crippen LogP contribution in [-0.2, 0) is 23.0 Å². The molecule has 3 aromatic rings. The first-order valence-corrected chi connectivity index (χ1v) is 10.8. The standard InChI is InChI=1S/C19H17N3O3S2/c23-18(22-11-9-14-3-1-2-4-16(14)13-22)15-5-7-17(8-6-15)27(24,25)21-19-20-10-12-26-19/h1-8,10,12H,9,11,13H2,(H,20,21). The van der Waals surface area contributed by atoms with Crippen LogP contribution in [0.3, 0.4) is 0 Å². The van der Waals surface area contributed by atoms with Gasteiger partial charge in [0.05, 0.1) is 4.90 Å². The number of sulfonamides is 1. The van der Waals surface area contributed by atoms with Gasteiger partial charge in [-0.3, -0.25) is 9.52 Å². The van der Waals surface area contributed by atoms with Gasteiger partial charge in [-0.15, -0.1) is 11.3 Å². The number of nitrogens with one attached hydrogen (secondary N) is 1. The average molecular weight is 399 g/mol. The minimum Gasteiger partial charge on any atom is -0.334 e. The van der Waals surface area contributed by atoms with Crippen LogP contribution in [0.15, 0.2) is 65.0 Å². The Bertz CT molecular complexity index is 1060. The molecule has 1 aliphatic heterocycles. The topological polar surface area (TPSA) is 79.4 Å². The third kappa shape index (κ3) is 3.72. The maximum absolute atomic E-state index is 12.8. The van der Waals surface area contributed by atoms with Gasteiger partial charge in [-0.25, -0.2) is 13.4 Å². The quantitative estimate of drug-likeness (QED) is 0.731. The van der Waals surface area contributed by atoms with E-state index < -0.39 is 10.0 Å². The van der Waals surface area contributed by atoms with Crippen molar-refractivity contribution >= 4 is 32.4 Å². The van der Waals surface area contributed by atoms with E-state index in [1.165, 1.54) is 35.2 Å². The lowest BCUT2D eigenvalue weighted by atomic mass is 9.99. The van der Waals surface area contributed by atoms with Crippen molar-refractivity contribution in [2.45, 2.75) is 17.9 Å². The van der Waals surface area contributed by atoms with Crippen LogP contribution in [0.2, 0.25) is 0 Å². The summed E-state index contributed by atoms with van der Waals surface area (Å²) in [7, 11) is -3.72. The van der Waals surface area contributed by atoms with E-state index in [-0.39, 0.29) is 10.8 Å². The minimum atomic E-state index is -3.72. The van der Waals surface area contributed by atoms with Gasteiger partial charge in [0.2, 0.25) is 0 Å². The fourth-order valence-corrected chi connectivity index (χ4v) is 4.86. The highest BCUT2D eigenvalue weighted by atomic mass is 32.2. The molecule has 0 bridgehead atoms. The molecule has 0 fully saturated rings. The highest BCUT2D eigenvalue weighted by Crippen LogP contribution is 2.22. The van der Waals surface area contributed by atoms with E-state index in [2.05, 4.69) is 15.8 Å². The first-order valence-electron chi connectivity index (χ1n) is 8.41. The van der Waals surface area contributed by atoms with Gasteiger partial charge in [-0.1, -0.05) is 24.3 Å². The van der Waals surface area contributed by atoms with Crippen LogP contribution in [0, 0.1) is 0 Å². The van der Waals surface area contributed by atoms with Crippen molar-refractivity contribution in [3.8, 4) is 0 Å². The second kappa shape index (κ2) is 7.13. The first kappa shape index (κ1) is 17.7. The molecule has 0 spiro atoms. The van der Waals surface area contributed by atoms with Gasteiger partial charge in [0.25, 0.3) is 15.9 Å². The molecule has 1 N–H and O–H groups in total. The highest BCUT2D eigenvalue weighted by molar-refractivity contribution is 7.93. The van der Waals surface area contributed by atoms with Gasteiger partial charge >= 0.3 is 0 Å². The summed E-state index contributed by atoms with van der Waals surface area (Å²) < 4.78 is 27.2. The summed E-state index contributed by atoms with van der Waals surface area (Å²) in [4.78, 5) is 18.6. The number of anilines is 1. The molecular weight excluding hydrogens is 382 g/mol. The number of amides is 1. The maximum Gasteiger partial charge on any atom is 0.263 e. The lowest BCUT2D eigenvalue weighted by Crippen LogP contribution is -2.35. The molecule has 138 valence electrons. The fraction of sp³-hybridized carbons (Fsp3) is 0.158. The second-order valence-corrected chi connectivity index (χ2v) is 8.79. The van der Waals surface area contributed by atoms with Crippen LogP contribution < -0.4 is 4.72 Å². The molecule has 4 rings (SSSR count). The van der Waals surface area contributed by atoms with E-state index in [4.69, 9.17) is 0 Å². The lowest BCUT2D eigenvalue weighted by molar-refractivity contribution is 0.0734. The number of hydrogen-bond donors (Lipinski definition) is 1. The molecular formula is C19H17N3O3S2. The Labute approximate surface area is 161 Å². The lowest BCUT2D eigenvalue weighted by Gasteiger charge is -2.29. The molecule has 0 aliphatic carbocycles. The molecule has 1 amide bonds. The molecule has 0 saturated heterocycles. The van der Waals surface area contributed by atoms with E-state index in [1.807, 2.05) is 18.2 Å². The molecule has 0 saturated carbocycles. The Morgan fingerprint density at radius 3 is 2.52 bits per heavy atom. The van der Waals surface area contributed by atoms with Crippen LogP contribution in [0.25, 0.3) is 0 Å². The van der Waals surface area contributed by atoms with Gasteiger partial charge in [0.15, 0.2) is 5.13 Å². The number of hydrogen-bond acceptors (Lipinski definition) is 5. The number of nitrogens with zero attached hydrogens (tertiary/aromatic N) is 2. The van der Waals surface area contributed by atoms with Crippen molar-refractivity contribution in [1.82, 2.24) is 9.88 Å². The molecule has 1 aromatic heterocycles. The molecule has 2 heterocycles. The van der Waals surface area contributed by atoms with Crippen molar-refractivity contribution in [2.75, 3.05) is 11.3 Å². The maximum atomic E-state index is 12.8. The molecule has 6 nitrogen and oxygen atoms in total. The van der Waals surface area contributed by atoms with E-state index in [0.29, 0.717) is 23.8 Å². The zero-order valence-electron chi connectivity index (χ0n) is 14.3. The van der Waals surface area contributed by atoms with Crippen LogP contribution in [0.1, 0.15) is 21.5 Å². The Kier molecular flexibility index (Phi) is 4.67. The largest absolute Gasteiger partial charge is 0.334 e. The molecule has 0 atom stereocenters. The Morgan fingerprint density at radius 1 is 1.07 bits per heavy atom. The molecule has 0 unspecified atom stereocenters. The van der Waals surface area contributed by atoms with Crippen molar-refractivity contribution in [3.05, 3.63) is 76.8 Å². The van der Waals surface area contributed by atoms with Crippen LogP contribution in [0.4, 0.5) is 5.13 Å². The summed E-state index contributed by atoms with van der Waals surface area (Å²) in [5.41, 5.74) is 2.91. The SMILES string of the molecule is O=C(c1ccc(S(=O)(=O)Nc2nccs2)cc1)N1CCc2ccccc2C1. The van der Waals surface area contributed by atoms with Crippen molar-refractivity contribution in [1.29, 1.82) is 0 Å². The predicted octanol–water partition coefficient (Wildman–Crippen LogP) is 3.14. The number of fused-ring (bicyclic) bond motifs is 1. The van der Waals surface area contributed by atoms with Gasteiger partial charge in [-0.2, -0.15) is 0 Å². The molecule has 27 heavy (non-hydrogen) atoms. The molecule has 8 heteroatoms. The minimum absolute atomic E-state index is 0.0956. The van der Waals surface area contributed by atoms with E-state index >= 15 is 0 Å². The summed E-state index contributed by atoms with van der Waals surface area (Å²) in [5, 5.41) is 2.00. The van der Waals surface area contributed by atoms with Crippen LogP contribution in [-0.4, -0.2) is 30.8 Å². The van der Waals surface area contributed by atoms with Crippen LogP contribution >= 0.6 is 11.3 Å². The zero-order valence-corrected chi connectivity index (χ0v) is 16.0. The van der Waals surface area contributed by atoms with Gasteiger partial charge in [0.1, 0.15) is 0 Å². The Balaban J connectivity index is 1.50. The number of carbonyl (C=O) groups is 1. The fourth-order valence-electron chi connectivity index (χ4n) is 3.08. The predicted molar refractivity (Wildman–Crippen MR) is 104 cm³/mol. The normalized spacial score (nSPS) is 13.9. The Morgan fingerprint density at radius 2 is 1.81 bits per heavy atom. The number of carbonyl (C=O) groups excluding carboxylic acids is 1. The zero-order chi connectivity index (χ0) is 18.9. The summed E-state index contributed by atoms with van der Waals surface area (Å²) >= 11 is 1.20. The highest BCUT2D eigenvalue weighted by Gasteiger charge is 2.22. The number of benzene rings is 2. The van der Waals surface area contributed by atoms with Gasteiger partial charge in [0, 0.05) is 30.2 Å². The molecule has 1 aliphatic rings. The third-order valence-electron chi connectivity index (χ3n) is 4.48. The number of rotatable bonds is 4. The summed E-state index contributed by atoms with van der Waals surface area (Å²) in [5.74, 6) is -0.0960. The van der Waals surface area contributed by atoms with E-state index in [9.17, 15) is 13.2 Å². The molecule has 2 aromatic carbocycles. The second-order valence-electron chi connectivity index (χ2n) is 6.21. The summed E-state index contributed by atoms with van der Waals surface area (Å²) in [6, 6.07) is 14.1. The summed E-state index contributed by atoms with van der Waals surface area (Å²) in [6.07, 6.45) is 2.35. The van der Waals surface area contributed by atoms with Gasteiger partial charge in [-0.05, 0) is 41.8 Å². The third-order valence-corrected chi connectivity index (χ3v) is 6.66. The smallest absolute Gasteiger partial charge is 0.263 e. The van der Waals surface area contributed by atoms with Crippen molar-refractivity contribution < 1.29 is 13.2 Å². The van der Waals surface area contributed by atoms with E-state index in [1.54, 1.807) is 22.4 Å². The van der Waals surface area contributed by atoms with Crippen LogP contribution in [0.5, 0.6) is 0 Å². The van der Waals surface area contributed by atoms with E-state index in [0.717, 1.165) is 12.0 Å². The average Bonchev–Trinajstić information content (AvgIpc) is 3.19. The number of aromatic nitrogens is 1. The Hall–Kier alpha value is -2.71. The molecule has 0 radical (unpaired) electrons. The first-order chi connectivity index (χ1) is 13.0.